The number of aromatic nitrogens is 1. The first-order valence-corrected chi connectivity index (χ1v) is 6.37. The summed E-state index contributed by atoms with van der Waals surface area (Å²) in [6.07, 6.45) is 2.49. The summed E-state index contributed by atoms with van der Waals surface area (Å²) in [5, 5.41) is 10.0. The Morgan fingerprint density at radius 3 is 2.83 bits per heavy atom. The van der Waals surface area contributed by atoms with E-state index in [0.717, 1.165) is 4.47 Å². The maximum atomic E-state index is 12.1. The minimum atomic E-state index is -1.61. The molecule has 18 heavy (non-hydrogen) atoms. The van der Waals surface area contributed by atoms with Crippen molar-refractivity contribution in [2.75, 3.05) is 13.1 Å². The first-order valence-electron chi connectivity index (χ1n) is 5.58. The van der Waals surface area contributed by atoms with Gasteiger partial charge in [0.15, 0.2) is 5.60 Å². The fourth-order valence-electron chi connectivity index (χ4n) is 2.07. The first-order chi connectivity index (χ1) is 8.42. The number of nitrogens with one attached hydrogen (secondary N) is 1. The molecule has 6 nitrogen and oxygen atoms in total. The molecule has 2 amide bonds. The predicted molar refractivity (Wildman–Crippen MR) is 67.8 cm³/mol. The molecule has 0 bridgehead atoms. The molecule has 0 saturated carbocycles. The maximum absolute atomic E-state index is 12.1. The number of amides is 2. The number of carbonyl (C=O) groups excluding carboxylic acids is 2. The van der Waals surface area contributed by atoms with Gasteiger partial charge in [0, 0.05) is 17.2 Å². The summed E-state index contributed by atoms with van der Waals surface area (Å²) in [6, 6.07) is 1.65. The molecule has 2 heterocycles. The molecular weight excluding hydrogens is 302 g/mol. The fraction of sp³-hybridized carbons (Fsp3) is 0.455. The second kappa shape index (κ2) is 4.74. The third kappa shape index (κ3) is 2.41. The van der Waals surface area contributed by atoms with E-state index < -0.39 is 11.5 Å². The van der Waals surface area contributed by atoms with E-state index in [1.807, 2.05) is 0 Å². The fourth-order valence-corrected chi connectivity index (χ4v) is 2.42. The highest BCUT2D eigenvalue weighted by Crippen LogP contribution is 2.22. The van der Waals surface area contributed by atoms with Crippen molar-refractivity contribution in [3.8, 4) is 0 Å². The van der Waals surface area contributed by atoms with Gasteiger partial charge < -0.3 is 20.7 Å². The van der Waals surface area contributed by atoms with Gasteiger partial charge in [-0.05, 0) is 34.8 Å². The Hall–Kier alpha value is -1.34. The number of hydrogen-bond donors (Lipinski definition) is 3. The van der Waals surface area contributed by atoms with Crippen molar-refractivity contribution in [1.82, 2.24) is 9.88 Å². The smallest absolute Gasteiger partial charge is 0.270 e. The van der Waals surface area contributed by atoms with Gasteiger partial charge in [-0.1, -0.05) is 0 Å². The van der Waals surface area contributed by atoms with Crippen LogP contribution in [0.5, 0.6) is 0 Å². The highest BCUT2D eigenvalue weighted by atomic mass is 79.9. The molecule has 1 aliphatic rings. The lowest BCUT2D eigenvalue weighted by atomic mass is 9.92. The van der Waals surface area contributed by atoms with Crippen LogP contribution in [0.4, 0.5) is 0 Å². The van der Waals surface area contributed by atoms with Crippen molar-refractivity contribution in [1.29, 1.82) is 0 Å². The summed E-state index contributed by atoms with van der Waals surface area (Å²) in [5.41, 5.74) is 3.96. The Bertz CT molecular complexity index is 488. The van der Waals surface area contributed by atoms with E-state index in [4.69, 9.17) is 5.73 Å². The summed E-state index contributed by atoms with van der Waals surface area (Å²) in [5.74, 6) is -1.03. The van der Waals surface area contributed by atoms with E-state index in [1.165, 1.54) is 4.90 Å². The maximum Gasteiger partial charge on any atom is 0.270 e. The summed E-state index contributed by atoms with van der Waals surface area (Å²) >= 11 is 3.24. The number of likely N-dealkylation sites (tertiary alicyclic amines) is 1. The largest absolute Gasteiger partial charge is 0.378 e. The van der Waals surface area contributed by atoms with E-state index in [1.54, 1.807) is 12.3 Å². The third-order valence-electron chi connectivity index (χ3n) is 3.09. The molecule has 1 atom stereocenters. The number of nitrogens with zero attached hydrogens (tertiary/aromatic N) is 1. The van der Waals surface area contributed by atoms with Gasteiger partial charge >= 0.3 is 0 Å². The normalized spacial score (nSPS) is 24.0. The average Bonchev–Trinajstić information content (AvgIpc) is 2.75. The molecule has 1 aliphatic heterocycles. The molecule has 2 rings (SSSR count). The number of carbonyl (C=O) groups is 2. The zero-order valence-corrected chi connectivity index (χ0v) is 11.2. The molecule has 1 saturated heterocycles. The van der Waals surface area contributed by atoms with E-state index in [2.05, 4.69) is 20.9 Å². The van der Waals surface area contributed by atoms with E-state index in [-0.39, 0.29) is 12.5 Å². The Labute approximate surface area is 112 Å². The number of aromatic amines is 1. The van der Waals surface area contributed by atoms with E-state index in [9.17, 15) is 14.7 Å². The van der Waals surface area contributed by atoms with Gasteiger partial charge in [0.05, 0.1) is 6.54 Å². The molecule has 1 fully saturated rings. The number of piperidine rings is 1. The molecule has 7 heteroatoms. The van der Waals surface area contributed by atoms with Crippen LogP contribution >= 0.6 is 15.9 Å². The minimum Gasteiger partial charge on any atom is -0.378 e. The van der Waals surface area contributed by atoms with Crippen molar-refractivity contribution in [3.05, 3.63) is 22.4 Å². The molecule has 0 spiro atoms. The van der Waals surface area contributed by atoms with Crippen LogP contribution in [0.15, 0.2) is 16.7 Å². The van der Waals surface area contributed by atoms with Gasteiger partial charge in [-0.2, -0.15) is 0 Å². The van der Waals surface area contributed by atoms with Crippen LogP contribution in [0.2, 0.25) is 0 Å². The third-order valence-corrected chi connectivity index (χ3v) is 3.55. The van der Waals surface area contributed by atoms with Crippen molar-refractivity contribution >= 4 is 27.7 Å². The Morgan fingerprint density at radius 1 is 1.56 bits per heavy atom. The number of aliphatic hydroxyl groups is 1. The Balaban J connectivity index is 2.14. The molecule has 1 aromatic rings. The standard InChI is InChI=1S/C11H14BrN3O3/c12-7-4-8(14-5-7)9(16)15-3-1-2-11(18,6-15)10(13)17/h4-5,14,18H,1-3,6H2,(H2,13,17)/t11-/m1/s1. The van der Waals surface area contributed by atoms with Crippen LogP contribution in [0.3, 0.4) is 0 Å². The number of hydrogen-bond acceptors (Lipinski definition) is 3. The van der Waals surface area contributed by atoms with Gasteiger partial charge in [0.1, 0.15) is 5.69 Å². The number of primary amides is 1. The molecular formula is C11H14BrN3O3. The highest BCUT2D eigenvalue weighted by Gasteiger charge is 2.40. The zero-order valence-electron chi connectivity index (χ0n) is 9.65. The van der Waals surface area contributed by atoms with Crippen LogP contribution < -0.4 is 5.73 Å². The second-order valence-electron chi connectivity index (χ2n) is 4.46. The van der Waals surface area contributed by atoms with Gasteiger partial charge in [-0.25, -0.2) is 0 Å². The van der Waals surface area contributed by atoms with Crippen LogP contribution in [0.25, 0.3) is 0 Å². The number of rotatable bonds is 2. The van der Waals surface area contributed by atoms with Gasteiger partial charge in [-0.15, -0.1) is 0 Å². The molecule has 98 valence electrons. The van der Waals surface area contributed by atoms with Crippen LogP contribution in [-0.2, 0) is 4.79 Å². The van der Waals surface area contributed by atoms with Crippen LogP contribution in [0.1, 0.15) is 23.3 Å². The molecule has 0 aromatic carbocycles. The van der Waals surface area contributed by atoms with Crippen molar-refractivity contribution < 1.29 is 14.7 Å². The van der Waals surface area contributed by atoms with Crippen LogP contribution in [0, 0.1) is 0 Å². The summed E-state index contributed by atoms with van der Waals surface area (Å²) in [7, 11) is 0. The number of β-amino-alcohol motifs (C(OH)–C–C–N with tert-alkyl or cyclic N) is 1. The van der Waals surface area contributed by atoms with Crippen LogP contribution in [-0.4, -0.2) is 45.5 Å². The lowest BCUT2D eigenvalue weighted by molar-refractivity contribution is -0.140. The molecule has 0 radical (unpaired) electrons. The van der Waals surface area contributed by atoms with Crippen molar-refractivity contribution in [2.24, 2.45) is 5.73 Å². The lowest BCUT2D eigenvalue weighted by Crippen LogP contribution is -2.57. The SMILES string of the molecule is NC(=O)[C@@]1(O)CCCN(C(=O)c2cc(Br)c[nH]2)C1. The van der Waals surface area contributed by atoms with Crippen molar-refractivity contribution in [2.45, 2.75) is 18.4 Å². The first kappa shape index (κ1) is 13.1. The van der Waals surface area contributed by atoms with Gasteiger partial charge in [0.2, 0.25) is 0 Å². The summed E-state index contributed by atoms with van der Waals surface area (Å²) in [4.78, 5) is 27.6. The molecule has 1 aromatic heterocycles. The Kier molecular flexibility index (Phi) is 3.45. The number of nitrogens with two attached hydrogens (primary N) is 1. The quantitative estimate of drug-likeness (QED) is 0.728. The van der Waals surface area contributed by atoms with E-state index in [0.29, 0.717) is 25.1 Å². The van der Waals surface area contributed by atoms with E-state index >= 15 is 0 Å². The zero-order chi connectivity index (χ0) is 13.3. The predicted octanol–water partition coefficient (Wildman–Crippen LogP) is 0.230. The lowest BCUT2D eigenvalue weighted by Gasteiger charge is -2.36. The molecule has 0 aliphatic carbocycles. The molecule has 4 N–H and O–H groups in total. The monoisotopic (exact) mass is 315 g/mol. The average molecular weight is 316 g/mol. The number of H-pyrrole nitrogens is 1. The Morgan fingerprint density at radius 2 is 2.28 bits per heavy atom. The highest BCUT2D eigenvalue weighted by molar-refractivity contribution is 9.10. The van der Waals surface area contributed by atoms with Gasteiger partial charge in [-0.3, -0.25) is 9.59 Å². The minimum absolute atomic E-state index is 0.0577. The summed E-state index contributed by atoms with van der Waals surface area (Å²) < 4.78 is 0.771. The van der Waals surface area contributed by atoms with Crippen molar-refractivity contribution in [3.63, 3.8) is 0 Å². The topological polar surface area (TPSA) is 99.4 Å². The van der Waals surface area contributed by atoms with Gasteiger partial charge in [0.25, 0.3) is 11.8 Å². The second-order valence-corrected chi connectivity index (χ2v) is 5.37. The molecule has 0 unspecified atom stereocenters. The number of halogens is 1. The summed E-state index contributed by atoms with van der Waals surface area (Å²) in [6.45, 7) is 0.447.